The fourth-order valence-corrected chi connectivity index (χ4v) is 5.86. The largest absolute Gasteiger partial charge is 0.480 e. The molecule has 0 aliphatic heterocycles. The van der Waals surface area contributed by atoms with E-state index >= 15 is 0 Å². The molecule has 0 aliphatic carbocycles. The fourth-order valence-electron chi connectivity index (χ4n) is 5.08. The SMILES string of the molecule is CCCC/C=C/C/C=C/CCCCCCCC(=O)OC[C@H](COP(=O)(O)OC[C@H](N)C(=O)O)OC(=O)CCCCCCCCCCCCCC. The van der Waals surface area contributed by atoms with E-state index in [-0.39, 0.29) is 19.4 Å². The summed E-state index contributed by atoms with van der Waals surface area (Å²) in [5.74, 6) is -2.39. The molecule has 1 unspecified atom stereocenters. The van der Waals surface area contributed by atoms with Gasteiger partial charge in [0.05, 0.1) is 13.2 Å². The Bertz CT molecular complexity index is 958. The smallest absolute Gasteiger partial charge is 0.472 e. The lowest BCUT2D eigenvalue weighted by atomic mass is 10.0. The number of ether oxygens (including phenoxy) is 2. The number of unbranched alkanes of at least 4 members (excludes halogenated alkanes) is 18. The maximum atomic E-state index is 12.5. The predicted octanol–water partition coefficient (Wildman–Crippen LogP) is 9.50. The highest BCUT2D eigenvalue weighted by Gasteiger charge is 2.28. The zero-order chi connectivity index (χ0) is 37.1. The van der Waals surface area contributed by atoms with Crippen molar-refractivity contribution in [2.75, 3.05) is 19.8 Å². The molecule has 0 aliphatic rings. The first-order valence-electron chi connectivity index (χ1n) is 19.4. The van der Waals surface area contributed by atoms with Gasteiger partial charge < -0.3 is 25.2 Å². The van der Waals surface area contributed by atoms with Crippen LogP contribution in [0.1, 0.15) is 168 Å². The van der Waals surface area contributed by atoms with Crippen molar-refractivity contribution in [3.8, 4) is 0 Å². The molecule has 0 spiro atoms. The van der Waals surface area contributed by atoms with Crippen LogP contribution < -0.4 is 5.73 Å². The van der Waals surface area contributed by atoms with E-state index < -0.39 is 51.1 Å². The van der Waals surface area contributed by atoms with Crippen LogP contribution in [0.3, 0.4) is 0 Å². The predicted molar refractivity (Wildman–Crippen MR) is 199 cm³/mol. The lowest BCUT2D eigenvalue weighted by molar-refractivity contribution is -0.161. The highest BCUT2D eigenvalue weighted by molar-refractivity contribution is 7.47. The van der Waals surface area contributed by atoms with Gasteiger partial charge >= 0.3 is 25.7 Å². The molecule has 0 fully saturated rings. The van der Waals surface area contributed by atoms with E-state index in [1.54, 1.807) is 0 Å². The van der Waals surface area contributed by atoms with Gasteiger partial charge in [-0.1, -0.05) is 141 Å². The van der Waals surface area contributed by atoms with Gasteiger partial charge in [-0.2, -0.15) is 0 Å². The second kappa shape index (κ2) is 34.1. The minimum Gasteiger partial charge on any atom is -0.480 e. The summed E-state index contributed by atoms with van der Waals surface area (Å²) in [6.45, 7) is 2.73. The van der Waals surface area contributed by atoms with Crippen LogP contribution in [-0.2, 0) is 37.5 Å². The molecular formula is C38H70NO10P. The van der Waals surface area contributed by atoms with Crippen molar-refractivity contribution in [1.82, 2.24) is 0 Å². The van der Waals surface area contributed by atoms with Crippen LogP contribution in [0.4, 0.5) is 0 Å². The lowest BCUT2D eigenvalue weighted by Gasteiger charge is -2.20. The molecule has 0 aromatic carbocycles. The summed E-state index contributed by atoms with van der Waals surface area (Å²) >= 11 is 0. The van der Waals surface area contributed by atoms with Gasteiger partial charge in [0.15, 0.2) is 6.10 Å². The average Bonchev–Trinajstić information content (AvgIpc) is 3.09. The molecule has 50 heavy (non-hydrogen) atoms. The Labute approximate surface area is 302 Å². The van der Waals surface area contributed by atoms with Gasteiger partial charge in [-0.05, 0) is 38.5 Å². The van der Waals surface area contributed by atoms with Gasteiger partial charge in [0, 0.05) is 12.8 Å². The average molecular weight is 732 g/mol. The Kier molecular flexibility index (Phi) is 32.7. The molecule has 0 aromatic heterocycles. The number of carbonyl (C=O) groups is 3. The van der Waals surface area contributed by atoms with Gasteiger partial charge in [-0.3, -0.25) is 23.4 Å². The Morgan fingerprint density at radius 3 is 1.62 bits per heavy atom. The summed E-state index contributed by atoms with van der Waals surface area (Å²) in [5, 5.41) is 8.85. The lowest BCUT2D eigenvalue weighted by Crippen LogP contribution is -2.34. The highest BCUT2D eigenvalue weighted by Crippen LogP contribution is 2.43. The Balaban J connectivity index is 4.45. The maximum Gasteiger partial charge on any atom is 0.472 e. The van der Waals surface area contributed by atoms with Crippen molar-refractivity contribution in [2.45, 2.75) is 180 Å². The summed E-state index contributed by atoms with van der Waals surface area (Å²) in [5.41, 5.74) is 5.31. The monoisotopic (exact) mass is 731 g/mol. The number of hydrogen-bond acceptors (Lipinski definition) is 9. The molecular weight excluding hydrogens is 661 g/mol. The minimum absolute atomic E-state index is 0.161. The molecule has 292 valence electrons. The van der Waals surface area contributed by atoms with Crippen LogP contribution in [0.25, 0.3) is 0 Å². The van der Waals surface area contributed by atoms with Crippen LogP contribution >= 0.6 is 7.82 Å². The van der Waals surface area contributed by atoms with Crippen LogP contribution in [0, 0.1) is 0 Å². The quantitative estimate of drug-likeness (QED) is 0.0242. The second-order valence-corrected chi connectivity index (χ2v) is 14.5. The summed E-state index contributed by atoms with van der Waals surface area (Å²) in [6, 6.07) is -1.52. The van der Waals surface area contributed by atoms with Gasteiger partial charge in [0.1, 0.15) is 12.6 Å². The number of nitrogens with two attached hydrogens (primary N) is 1. The molecule has 0 aromatic rings. The van der Waals surface area contributed by atoms with Crippen molar-refractivity contribution in [3.05, 3.63) is 24.3 Å². The zero-order valence-corrected chi connectivity index (χ0v) is 32.1. The van der Waals surface area contributed by atoms with E-state index in [0.29, 0.717) is 12.8 Å². The third-order valence-electron chi connectivity index (χ3n) is 8.20. The highest BCUT2D eigenvalue weighted by atomic mass is 31.2. The number of carboxylic acid groups (broad SMARTS) is 1. The first-order chi connectivity index (χ1) is 24.1. The van der Waals surface area contributed by atoms with Gasteiger partial charge in [-0.25, -0.2) is 4.57 Å². The molecule has 4 N–H and O–H groups in total. The van der Waals surface area contributed by atoms with E-state index in [0.717, 1.165) is 64.2 Å². The summed E-state index contributed by atoms with van der Waals surface area (Å²) in [4.78, 5) is 45.7. The van der Waals surface area contributed by atoms with E-state index in [1.165, 1.54) is 64.2 Å². The Morgan fingerprint density at radius 1 is 0.620 bits per heavy atom. The number of phosphoric ester groups is 1. The molecule has 11 nitrogen and oxygen atoms in total. The van der Waals surface area contributed by atoms with E-state index in [2.05, 4.69) is 42.7 Å². The number of aliphatic carboxylic acids is 1. The normalized spacial score (nSPS) is 14.2. The van der Waals surface area contributed by atoms with Crippen LogP contribution in [0.2, 0.25) is 0 Å². The van der Waals surface area contributed by atoms with E-state index in [1.807, 2.05) is 0 Å². The first-order valence-corrected chi connectivity index (χ1v) is 20.9. The van der Waals surface area contributed by atoms with Gasteiger partial charge in [0.2, 0.25) is 0 Å². The molecule has 12 heteroatoms. The second-order valence-electron chi connectivity index (χ2n) is 13.1. The van der Waals surface area contributed by atoms with Crippen molar-refractivity contribution in [1.29, 1.82) is 0 Å². The maximum absolute atomic E-state index is 12.5. The molecule has 0 saturated carbocycles. The summed E-state index contributed by atoms with van der Waals surface area (Å²) < 4.78 is 32.5. The number of phosphoric acid groups is 1. The fraction of sp³-hybridized carbons (Fsp3) is 0.816. The van der Waals surface area contributed by atoms with Crippen molar-refractivity contribution >= 4 is 25.7 Å². The Morgan fingerprint density at radius 2 is 1.08 bits per heavy atom. The Hall–Kier alpha value is -2.04. The van der Waals surface area contributed by atoms with Crippen molar-refractivity contribution in [3.63, 3.8) is 0 Å². The van der Waals surface area contributed by atoms with E-state index in [9.17, 15) is 23.8 Å². The summed E-state index contributed by atoms with van der Waals surface area (Å²) in [7, 11) is -4.71. The molecule has 0 saturated heterocycles. The van der Waals surface area contributed by atoms with E-state index in [4.69, 9.17) is 24.8 Å². The van der Waals surface area contributed by atoms with Crippen LogP contribution in [0.15, 0.2) is 24.3 Å². The standard InChI is InChI=1S/C38H70NO10P/c1-3-5-7-9-11-13-15-17-18-20-21-23-25-27-29-36(40)46-31-34(32-47-50(44,45)48-33-35(39)38(42)43)49-37(41)30-28-26-24-22-19-16-14-12-10-8-6-4-2/h9,11,15,17,34-35H,3-8,10,12-14,16,18-33,39H2,1-2H3,(H,42,43)(H,44,45)/b11-9+,17-15+/t34-,35+/m1/s1. The van der Waals surface area contributed by atoms with Gasteiger partial charge in [0.25, 0.3) is 0 Å². The van der Waals surface area contributed by atoms with Crippen molar-refractivity contribution < 1.29 is 47.5 Å². The molecule has 0 rings (SSSR count). The molecule has 3 atom stereocenters. The molecule has 0 radical (unpaired) electrons. The zero-order valence-electron chi connectivity index (χ0n) is 31.2. The number of carbonyl (C=O) groups excluding carboxylic acids is 2. The molecule has 0 bridgehead atoms. The third-order valence-corrected chi connectivity index (χ3v) is 9.15. The van der Waals surface area contributed by atoms with Gasteiger partial charge in [-0.15, -0.1) is 0 Å². The number of carboxylic acids is 1. The number of rotatable bonds is 36. The van der Waals surface area contributed by atoms with Crippen LogP contribution in [-0.4, -0.2) is 59.9 Å². The topological polar surface area (TPSA) is 172 Å². The molecule has 0 amide bonds. The number of hydrogen-bond donors (Lipinski definition) is 3. The number of esters is 2. The number of allylic oxidation sites excluding steroid dienone is 4. The third kappa shape index (κ3) is 33.1. The van der Waals surface area contributed by atoms with Crippen LogP contribution in [0.5, 0.6) is 0 Å². The molecule has 0 heterocycles. The van der Waals surface area contributed by atoms with Crippen molar-refractivity contribution in [2.24, 2.45) is 5.73 Å². The summed E-state index contributed by atoms with van der Waals surface area (Å²) in [6.07, 6.45) is 32.4. The first kappa shape index (κ1) is 48.0. The minimum atomic E-state index is -4.71.